The van der Waals surface area contributed by atoms with E-state index in [2.05, 4.69) is 21.6 Å². The van der Waals surface area contributed by atoms with E-state index in [4.69, 9.17) is 0 Å². The van der Waals surface area contributed by atoms with Gasteiger partial charge in [-0.1, -0.05) is 42.5 Å². The lowest BCUT2D eigenvalue weighted by Crippen LogP contribution is -2.30. The van der Waals surface area contributed by atoms with Crippen LogP contribution in [0.25, 0.3) is 27.4 Å². The first-order valence-corrected chi connectivity index (χ1v) is 9.14. The molecule has 29 heavy (non-hydrogen) atoms. The van der Waals surface area contributed by atoms with Gasteiger partial charge < -0.3 is 0 Å². The molecule has 1 aromatic heterocycles. The van der Waals surface area contributed by atoms with Gasteiger partial charge in [-0.15, -0.1) is 0 Å². The van der Waals surface area contributed by atoms with Crippen LogP contribution in [0.2, 0.25) is 0 Å². The summed E-state index contributed by atoms with van der Waals surface area (Å²) in [6, 6.07) is 23.4. The van der Waals surface area contributed by atoms with E-state index in [0.717, 1.165) is 16.5 Å². The first-order valence-electron chi connectivity index (χ1n) is 9.14. The minimum absolute atomic E-state index is 0.199. The molecule has 0 atom stereocenters. The van der Waals surface area contributed by atoms with Crippen molar-refractivity contribution in [1.29, 1.82) is 5.26 Å². The Morgan fingerprint density at radius 1 is 1.03 bits per heavy atom. The summed E-state index contributed by atoms with van der Waals surface area (Å²) in [5, 5.41) is 16.3. The summed E-state index contributed by atoms with van der Waals surface area (Å²) in [5.74, 6) is 0.0549. The number of nitrogens with zero attached hydrogens (tertiary/aromatic N) is 4. The first-order chi connectivity index (χ1) is 14.2. The minimum Gasteiger partial charge on any atom is -0.278 e. The molecule has 3 aromatic carbocycles. The molecule has 138 valence electrons. The fourth-order valence-corrected chi connectivity index (χ4v) is 3.60. The molecule has 6 nitrogen and oxygen atoms in total. The SMILES string of the molecule is CC1=C(C#N)c2nc3ccccc3n2C(=O)/C1=N/Nc1ccc2ccccc2c1. The highest BCUT2D eigenvalue weighted by Gasteiger charge is 2.32. The molecule has 0 saturated heterocycles. The van der Waals surface area contributed by atoms with E-state index in [1.165, 1.54) is 4.57 Å². The van der Waals surface area contributed by atoms with Crippen LogP contribution in [0.15, 0.2) is 77.4 Å². The number of nitrogens with one attached hydrogen (secondary N) is 1. The number of para-hydroxylation sites is 2. The van der Waals surface area contributed by atoms with Gasteiger partial charge >= 0.3 is 0 Å². The van der Waals surface area contributed by atoms with Crippen LogP contribution in [0.1, 0.15) is 17.5 Å². The number of anilines is 1. The third-order valence-electron chi connectivity index (χ3n) is 5.08. The third-order valence-corrected chi connectivity index (χ3v) is 5.08. The molecular formula is C23H15N5O. The van der Waals surface area contributed by atoms with Crippen molar-refractivity contribution in [2.45, 2.75) is 6.92 Å². The minimum atomic E-state index is -0.307. The van der Waals surface area contributed by atoms with Gasteiger partial charge in [0, 0.05) is 5.57 Å². The van der Waals surface area contributed by atoms with Crippen LogP contribution < -0.4 is 5.43 Å². The predicted molar refractivity (Wildman–Crippen MR) is 114 cm³/mol. The smallest absolute Gasteiger partial charge is 0.278 e. The maximum absolute atomic E-state index is 13.2. The monoisotopic (exact) mass is 377 g/mol. The van der Waals surface area contributed by atoms with Crippen LogP contribution in [-0.4, -0.2) is 21.2 Å². The summed E-state index contributed by atoms with van der Waals surface area (Å²) in [6.07, 6.45) is 0. The topological polar surface area (TPSA) is 83.1 Å². The third kappa shape index (κ3) is 2.60. The maximum atomic E-state index is 13.2. The molecule has 1 aliphatic rings. The number of hydrogen-bond donors (Lipinski definition) is 1. The first kappa shape index (κ1) is 16.9. The van der Waals surface area contributed by atoms with E-state index in [-0.39, 0.29) is 11.6 Å². The zero-order chi connectivity index (χ0) is 20.0. The summed E-state index contributed by atoms with van der Waals surface area (Å²) < 4.78 is 1.46. The van der Waals surface area contributed by atoms with Gasteiger partial charge in [0.25, 0.3) is 5.91 Å². The molecule has 0 aliphatic carbocycles. The molecule has 0 bridgehead atoms. The van der Waals surface area contributed by atoms with Crippen molar-refractivity contribution < 1.29 is 4.79 Å². The van der Waals surface area contributed by atoms with Gasteiger partial charge in [-0.25, -0.2) is 4.98 Å². The van der Waals surface area contributed by atoms with Gasteiger partial charge in [0.05, 0.1) is 16.7 Å². The van der Waals surface area contributed by atoms with E-state index < -0.39 is 0 Å². The summed E-state index contributed by atoms with van der Waals surface area (Å²) in [6.45, 7) is 1.72. The molecule has 1 N–H and O–H groups in total. The number of benzene rings is 3. The van der Waals surface area contributed by atoms with E-state index in [1.54, 1.807) is 6.92 Å². The molecule has 0 fully saturated rings. The number of hydrazone groups is 1. The summed E-state index contributed by atoms with van der Waals surface area (Å²) >= 11 is 0. The molecule has 0 unspecified atom stereocenters. The molecule has 1 aliphatic heterocycles. The van der Waals surface area contributed by atoms with Gasteiger partial charge in [0.15, 0.2) is 11.5 Å². The summed E-state index contributed by atoms with van der Waals surface area (Å²) in [7, 11) is 0. The second kappa shape index (κ2) is 6.43. The van der Waals surface area contributed by atoms with Crippen molar-refractivity contribution in [3.63, 3.8) is 0 Å². The van der Waals surface area contributed by atoms with Crippen molar-refractivity contribution in [3.8, 4) is 6.07 Å². The van der Waals surface area contributed by atoms with Crippen molar-refractivity contribution in [3.05, 3.63) is 78.1 Å². The second-order valence-electron chi connectivity index (χ2n) is 6.81. The second-order valence-corrected chi connectivity index (χ2v) is 6.81. The van der Waals surface area contributed by atoms with Crippen LogP contribution in [0, 0.1) is 11.3 Å². The Bertz CT molecular complexity index is 1420. The zero-order valence-electron chi connectivity index (χ0n) is 15.5. The van der Waals surface area contributed by atoms with E-state index in [0.29, 0.717) is 28.0 Å². The molecule has 0 saturated carbocycles. The number of aromatic nitrogens is 2. The van der Waals surface area contributed by atoms with Crippen molar-refractivity contribution >= 4 is 44.7 Å². The van der Waals surface area contributed by atoms with E-state index >= 15 is 0 Å². The fraction of sp³-hybridized carbons (Fsp3) is 0.0435. The molecule has 0 amide bonds. The van der Waals surface area contributed by atoms with Gasteiger partial charge in [-0.2, -0.15) is 10.4 Å². The largest absolute Gasteiger partial charge is 0.284 e. The number of fused-ring (bicyclic) bond motifs is 4. The Morgan fingerprint density at radius 3 is 2.62 bits per heavy atom. The molecule has 0 radical (unpaired) electrons. The number of hydrogen-bond acceptors (Lipinski definition) is 5. The molecule has 5 rings (SSSR count). The lowest BCUT2D eigenvalue weighted by molar-refractivity contribution is 0.0992. The highest BCUT2D eigenvalue weighted by molar-refractivity contribution is 6.49. The number of rotatable bonds is 2. The Morgan fingerprint density at radius 2 is 1.79 bits per heavy atom. The molecular weight excluding hydrogens is 362 g/mol. The van der Waals surface area contributed by atoms with Crippen molar-refractivity contribution in [2.75, 3.05) is 5.43 Å². The van der Waals surface area contributed by atoms with E-state index in [9.17, 15) is 10.1 Å². The van der Waals surface area contributed by atoms with Crippen molar-refractivity contribution in [1.82, 2.24) is 9.55 Å². The summed E-state index contributed by atoms with van der Waals surface area (Å²) in [4.78, 5) is 17.7. The molecule has 4 aromatic rings. The number of imidazole rings is 1. The Hall–Kier alpha value is -4.24. The average Bonchev–Trinajstić information content (AvgIpc) is 3.13. The van der Waals surface area contributed by atoms with Crippen LogP contribution in [0.4, 0.5) is 5.69 Å². The van der Waals surface area contributed by atoms with Crippen LogP contribution in [0.5, 0.6) is 0 Å². The van der Waals surface area contributed by atoms with Gasteiger partial charge in [0.2, 0.25) is 0 Å². The molecule has 2 heterocycles. The van der Waals surface area contributed by atoms with E-state index in [1.807, 2.05) is 66.7 Å². The zero-order valence-corrected chi connectivity index (χ0v) is 15.5. The highest BCUT2D eigenvalue weighted by Crippen LogP contribution is 2.29. The van der Waals surface area contributed by atoms with Gasteiger partial charge in [-0.05, 0) is 42.0 Å². The Labute approximate surface area is 166 Å². The standard InChI is InChI=1S/C23H15N5O/c1-14-18(13-24)22-25-19-8-4-5-9-20(19)28(22)23(29)21(14)27-26-17-11-10-15-6-2-3-7-16(15)12-17/h2-12,26H,1H3/b27-21+. The van der Waals surface area contributed by atoms with Crippen LogP contribution >= 0.6 is 0 Å². The lowest BCUT2D eigenvalue weighted by Gasteiger charge is -2.17. The van der Waals surface area contributed by atoms with Crippen LogP contribution in [0.3, 0.4) is 0 Å². The average molecular weight is 377 g/mol. The molecule has 6 heteroatoms. The quantitative estimate of drug-likeness (QED) is 0.517. The number of carbonyl (C=O) groups is 1. The van der Waals surface area contributed by atoms with Gasteiger partial charge in [-0.3, -0.25) is 14.8 Å². The summed E-state index contributed by atoms with van der Waals surface area (Å²) in [5.41, 5.74) is 6.11. The van der Waals surface area contributed by atoms with Crippen LogP contribution in [-0.2, 0) is 0 Å². The number of carbonyl (C=O) groups excluding carboxylic acids is 1. The Balaban J connectivity index is 1.61. The van der Waals surface area contributed by atoms with Crippen molar-refractivity contribution in [2.24, 2.45) is 5.10 Å². The fourth-order valence-electron chi connectivity index (χ4n) is 3.60. The predicted octanol–water partition coefficient (Wildman–Crippen LogP) is 4.61. The van der Waals surface area contributed by atoms with Gasteiger partial charge in [0.1, 0.15) is 11.6 Å². The lowest BCUT2D eigenvalue weighted by atomic mass is 10.0. The Kier molecular flexibility index (Phi) is 3.75. The number of nitriles is 1. The number of allylic oxidation sites excluding steroid dienone is 2. The molecule has 0 spiro atoms. The maximum Gasteiger partial charge on any atom is 0.284 e. The normalized spacial score (nSPS) is 15.0. The highest BCUT2D eigenvalue weighted by atomic mass is 16.2.